The Morgan fingerprint density at radius 2 is 1.55 bits per heavy atom. The van der Waals surface area contributed by atoms with Crippen LogP contribution in [0.4, 0.5) is 4.79 Å². The average molecular weight is 426 g/mol. The zero-order valence-electron chi connectivity index (χ0n) is 18.4. The number of hydrogen-bond acceptors (Lipinski definition) is 6. The fourth-order valence-electron chi connectivity index (χ4n) is 3.20. The SMILES string of the molecule is COc1cc(-c2cc3ccccc3c(=O)n2NC(=O)OC(C)(C)C)cc(OC)c1OC. The topological polar surface area (TPSA) is 88.0 Å². The lowest BCUT2D eigenvalue weighted by molar-refractivity contribution is 0.0613. The van der Waals surface area contributed by atoms with Gasteiger partial charge in [-0.3, -0.25) is 4.79 Å². The molecule has 1 N–H and O–H groups in total. The molecular formula is C23H26N2O6. The zero-order chi connectivity index (χ0) is 22.8. The van der Waals surface area contributed by atoms with Crippen molar-refractivity contribution < 1.29 is 23.7 Å². The third-order valence-corrected chi connectivity index (χ3v) is 4.49. The Balaban J connectivity index is 2.26. The standard InChI is InChI=1S/C23H26N2O6/c1-23(2,3)31-22(27)24-25-17(11-14-9-7-8-10-16(14)21(25)26)15-12-18(28-4)20(30-6)19(13-15)29-5/h7-13H,1-6H3,(H,24,27). The Morgan fingerprint density at radius 1 is 0.935 bits per heavy atom. The number of rotatable bonds is 5. The summed E-state index contributed by atoms with van der Waals surface area (Å²) in [6, 6.07) is 12.3. The molecule has 8 nitrogen and oxygen atoms in total. The number of aromatic nitrogens is 1. The van der Waals surface area contributed by atoms with Gasteiger partial charge in [-0.05, 0) is 50.4 Å². The summed E-state index contributed by atoms with van der Waals surface area (Å²) in [5.41, 5.74) is 2.44. The first-order valence-electron chi connectivity index (χ1n) is 9.63. The number of fused-ring (bicyclic) bond motifs is 1. The molecule has 0 fully saturated rings. The second-order valence-corrected chi connectivity index (χ2v) is 7.79. The van der Waals surface area contributed by atoms with Gasteiger partial charge in [0.1, 0.15) is 5.60 Å². The highest BCUT2D eigenvalue weighted by atomic mass is 16.6. The molecule has 0 radical (unpaired) electrons. The van der Waals surface area contributed by atoms with Crippen molar-refractivity contribution in [3.63, 3.8) is 0 Å². The molecule has 0 unspecified atom stereocenters. The van der Waals surface area contributed by atoms with Crippen molar-refractivity contribution in [3.8, 4) is 28.5 Å². The Hall–Kier alpha value is -3.68. The molecule has 1 aromatic heterocycles. The quantitative estimate of drug-likeness (QED) is 0.659. The van der Waals surface area contributed by atoms with Gasteiger partial charge in [-0.2, -0.15) is 0 Å². The predicted octanol–water partition coefficient (Wildman–Crippen LogP) is 4.17. The van der Waals surface area contributed by atoms with E-state index >= 15 is 0 Å². The van der Waals surface area contributed by atoms with Gasteiger partial charge in [0.25, 0.3) is 5.56 Å². The second-order valence-electron chi connectivity index (χ2n) is 7.79. The number of nitrogens with one attached hydrogen (secondary N) is 1. The summed E-state index contributed by atoms with van der Waals surface area (Å²) < 4.78 is 22.8. The van der Waals surface area contributed by atoms with Crippen LogP contribution in [0.15, 0.2) is 47.3 Å². The number of hydrogen-bond donors (Lipinski definition) is 1. The first-order chi connectivity index (χ1) is 14.7. The van der Waals surface area contributed by atoms with E-state index in [1.54, 1.807) is 51.1 Å². The summed E-state index contributed by atoms with van der Waals surface area (Å²) >= 11 is 0. The maximum Gasteiger partial charge on any atom is 0.427 e. The van der Waals surface area contributed by atoms with Gasteiger partial charge in [0.05, 0.1) is 27.0 Å². The molecular weight excluding hydrogens is 400 g/mol. The van der Waals surface area contributed by atoms with Gasteiger partial charge in [0.2, 0.25) is 5.75 Å². The van der Waals surface area contributed by atoms with Crippen molar-refractivity contribution in [1.29, 1.82) is 0 Å². The highest BCUT2D eigenvalue weighted by molar-refractivity contribution is 5.87. The van der Waals surface area contributed by atoms with Crippen LogP contribution >= 0.6 is 0 Å². The summed E-state index contributed by atoms with van der Waals surface area (Å²) in [5, 5.41) is 1.17. The molecule has 31 heavy (non-hydrogen) atoms. The molecule has 1 amide bonds. The maximum absolute atomic E-state index is 13.3. The average Bonchev–Trinajstić information content (AvgIpc) is 2.73. The molecule has 0 aliphatic rings. The number of benzene rings is 2. The third-order valence-electron chi connectivity index (χ3n) is 4.49. The summed E-state index contributed by atoms with van der Waals surface area (Å²) in [6.45, 7) is 5.24. The normalized spacial score (nSPS) is 11.2. The molecule has 0 aliphatic heterocycles. The molecule has 0 saturated carbocycles. The number of nitrogens with zero attached hydrogens (tertiary/aromatic N) is 1. The lowest BCUT2D eigenvalue weighted by Gasteiger charge is -2.22. The number of ether oxygens (including phenoxy) is 4. The molecule has 0 aliphatic carbocycles. The van der Waals surface area contributed by atoms with Gasteiger partial charge in [-0.25, -0.2) is 14.9 Å². The number of methoxy groups -OCH3 is 3. The number of pyridine rings is 1. The molecule has 0 spiro atoms. The summed E-state index contributed by atoms with van der Waals surface area (Å²) in [7, 11) is 4.52. The molecule has 0 saturated heterocycles. The second kappa shape index (κ2) is 8.59. The fourth-order valence-corrected chi connectivity index (χ4v) is 3.20. The van der Waals surface area contributed by atoms with E-state index in [0.717, 1.165) is 10.1 Å². The third kappa shape index (κ3) is 4.58. The highest BCUT2D eigenvalue weighted by Gasteiger charge is 2.21. The van der Waals surface area contributed by atoms with Gasteiger partial charge < -0.3 is 18.9 Å². The maximum atomic E-state index is 13.3. The van der Waals surface area contributed by atoms with Crippen LogP contribution in [0.25, 0.3) is 22.0 Å². The van der Waals surface area contributed by atoms with Crippen molar-refractivity contribution in [1.82, 2.24) is 4.68 Å². The van der Waals surface area contributed by atoms with Crippen LogP contribution in [-0.4, -0.2) is 37.7 Å². The first-order valence-corrected chi connectivity index (χ1v) is 9.63. The smallest absolute Gasteiger partial charge is 0.427 e. The van der Waals surface area contributed by atoms with E-state index < -0.39 is 17.3 Å². The zero-order valence-corrected chi connectivity index (χ0v) is 18.4. The van der Waals surface area contributed by atoms with Gasteiger partial charge in [-0.15, -0.1) is 0 Å². The van der Waals surface area contributed by atoms with Gasteiger partial charge in [0.15, 0.2) is 11.5 Å². The molecule has 0 bridgehead atoms. The van der Waals surface area contributed by atoms with Crippen LogP contribution < -0.4 is 25.2 Å². The Kier molecular flexibility index (Phi) is 6.10. The molecule has 3 aromatic rings. The minimum Gasteiger partial charge on any atom is -0.493 e. The van der Waals surface area contributed by atoms with Crippen molar-refractivity contribution in [3.05, 3.63) is 52.8 Å². The van der Waals surface area contributed by atoms with Crippen molar-refractivity contribution in [2.75, 3.05) is 26.8 Å². The fraction of sp³-hybridized carbons (Fsp3) is 0.304. The van der Waals surface area contributed by atoms with Crippen LogP contribution in [0.3, 0.4) is 0 Å². The lowest BCUT2D eigenvalue weighted by atomic mass is 10.1. The van der Waals surface area contributed by atoms with E-state index in [4.69, 9.17) is 18.9 Å². The Labute approximate surface area is 180 Å². The number of amides is 1. The predicted molar refractivity (Wildman–Crippen MR) is 119 cm³/mol. The van der Waals surface area contributed by atoms with E-state index in [9.17, 15) is 9.59 Å². The largest absolute Gasteiger partial charge is 0.493 e. The summed E-state index contributed by atoms with van der Waals surface area (Å²) in [5.74, 6) is 1.26. The number of carbonyl (C=O) groups is 1. The summed E-state index contributed by atoms with van der Waals surface area (Å²) in [6.07, 6.45) is -0.751. The Morgan fingerprint density at radius 3 is 2.10 bits per heavy atom. The van der Waals surface area contributed by atoms with Crippen LogP contribution in [0.1, 0.15) is 20.8 Å². The first kappa shape index (κ1) is 22.0. The van der Waals surface area contributed by atoms with E-state index in [0.29, 0.717) is 33.9 Å². The van der Waals surface area contributed by atoms with Crippen LogP contribution in [0, 0.1) is 0 Å². The van der Waals surface area contributed by atoms with Gasteiger partial charge >= 0.3 is 6.09 Å². The minimum absolute atomic E-state index is 0.396. The van der Waals surface area contributed by atoms with Crippen molar-refractivity contribution in [2.45, 2.75) is 26.4 Å². The molecule has 0 atom stereocenters. The van der Waals surface area contributed by atoms with Crippen LogP contribution in [0.5, 0.6) is 17.2 Å². The lowest BCUT2D eigenvalue weighted by Crippen LogP contribution is -2.37. The monoisotopic (exact) mass is 426 g/mol. The van der Waals surface area contributed by atoms with Gasteiger partial charge in [-0.1, -0.05) is 18.2 Å². The molecule has 164 valence electrons. The molecule has 8 heteroatoms. The minimum atomic E-state index is -0.751. The van der Waals surface area contributed by atoms with Crippen LogP contribution in [-0.2, 0) is 4.74 Å². The molecule has 3 rings (SSSR count). The van der Waals surface area contributed by atoms with E-state index in [-0.39, 0.29) is 0 Å². The Bertz CT molecular complexity index is 1150. The van der Waals surface area contributed by atoms with E-state index in [1.807, 2.05) is 12.1 Å². The van der Waals surface area contributed by atoms with Crippen molar-refractivity contribution in [2.24, 2.45) is 0 Å². The summed E-state index contributed by atoms with van der Waals surface area (Å²) in [4.78, 5) is 25.7. The van der Waals surface area contributed by atoms with E-state index in [1.165, 1.54) is 21.3 Å². The number of carbonyl (C=O) groups excluding carboxylic acids is 1. The highest BCUT2D eigenvalue weighted by Crippen LogP contribution is 2.41. The molecule has 2 aromatic carbocycles. The van der Waals surface area contributed by atoms with Crippen molar-refractivity contribution >= 4 is 16.9 Å². The van der Waals surface area contributed by atoms with Gasteiger partial charge in [0, 0.05) is 10.9 Å². The van der Waals surface area contributed by atoms with E-state index in [2.05, 4.69) is 5.43 Å². The van der Waals surface area contributed by atoms with Crippen LogP contribution in [0.2, 0.25) is 0 Å². The molecule has 1 heterocycles.